The van der Waals surface area contributed by atoms with Crippen LogP contribution >= 0.6 is 0 Å². The molecule has 1 fully saturated rings. The third-order valence-corrected chi connectivity index (χ3v) is 5.16. The van der Waals surface area contributed by atoms with E-state index in [0.717, 1.165) is 24.9 Å². The summed E-state index contributed by atoms with van der Waals surface area (Å²) in [7, 11) is 3.91. The van der Waals surface area contributed by atoms with E-state index in [2.05, 4.69) is 6.92 Å². The zero-order valence-electron chi connectivity index (χ0n) is 16.8. The minimum atomic E-state index is -0.254. The van der Waals surface area contributed by atoms with E-state index in [9.17, 15) is 14.0 Å². The fourth-order valence-electron chi connectivity index (χ4n) is 3.49. The summed E-state index contributed by atoms with van der Waals surface area (Å²) in [5.74, 6) is 0.141. The quantitative estimate of drug-likeness (QED) is 0.700. The highest BCUT2D eigenvalue weighted by Crippen LogP contribution is 2.26. The minimum absolute atomic E-state index is 0.114. The maximum absolute atomic E-state index is 13.2. The molecule has 1 aliphatic rings. The van der Waals surface area contributed by atoms with Crippen molar-refractivity contribution in [1.29, 1.82) is 0 Å². The topological polar surface area (TPSA) is 43.9 Å². The van der Waals surface area contributed by atoms with Crippen LogP contribution < -0.4 is 0 Å². The second kappa shape index (κ2) is 10.4. The molecule has 0 aromatic heterocycles. The molecule has 1 saturated heterocycles. The summed E-state index contributed by atoms with van der Waals surface area (Å²) in [6, 6.07) is 6.48. The minimum Gasteiger partial charge on any atom is -0.339 e. The second-order valence-electron chi connectivity index (χ2n) is 7.56. The van der Waals surface area contributed by atoms with Crippen LogP contribution in [0.3, 0.4) is 0 Å². The summed E-state index contributed by atoms with van der Waals surface area (Å²) < 4.78 is 13.2. The highest BCUT2D eigenvalue weighted by Gasteiger charge is 2.26. The van der Waals surface area contributed by atoms with Gasteiger partial charge in [-0.2, -0.15) is 0 Å². The van der Waals surface area contributed by atoms with Gasteiger partial charge in [-0.25, -0.2) is 4.39 Å². The third kappa shape index (κ3) is 6.61. The number of hydrogen-bond donors (Lipinski definition) is 0. The van der Waals surface area contributed by atoms with Crippen LogP contribution in [-0.2, 0) is 9.59 Å². The standard InChI is InChI=1S/C21H32FN3O2/c1-4-5-18(17-6-8-19(22)9-7-17)16-21(27)25-14-12-24(13-15-25)20(26)10-11-23(2)3/h6-9,18H,4-5,10-16H2,1-3H3. The van der Waals surface area contributed by atoms with Gasteiger partial charge in [-0.05, 0) is 44.1 Å². The number of hydrogen-bond acceptors (Lipinski definition) is 3. The first kappa shape index (κ1) is 21.4. The summed E-state index contributed by atoms with van der Waals surface area (Å²) in [4.78, 5) is 30.7. The Kier molecular flexibility index (Phi) is 8.23. The monoisotopic (exact) mass is 377 g/mol. The van der Waals surface area contributed by atoms with E-state index in [0.29, 0.717) is 39.0 Å². The SMILES string of the molecule is CCCC(CC(=O)N1CCN(C(=O)CCN(C)C)CC1)c1ccc(F)cc1. The smallest absolute Gasteiger partial charge is 0.223 e. The molecule has 0 saturated carbocycles. The molecule has 1 atom stereocenters. The summed E-state index contributed by atoms with van der Waals surface area (Å²) in [6.45, 7) is 5.23. The Morgan fingerprint density at radius 3 is 2.11 bits per heavy atom. The molecule has 6 heteroatoms. The zero-order valence-corrected chi connectivity index (χ0v) is 16.8. The van der Waals surface area contributed by atoms with Crippen LogP contribution in [0, 0.1) is 5.82 Å². The van der Waals surface area contributed by atoms with Gasteiger partial charge in [-0.3, -0.25) is 9.59 Å². The van der Waals surface area contributed by atoms with Gasteiger partial charge in [0.15, 0.2) is 0 Å². The number of carbonyl (C=O) groups excluding carboxylic acids is 2. The van der Waals surface area contributed by atoms with Crippen molar-refractivity contribution in [2.24, 2.45) is 0 Å². The maximum atomic E-state index is 13.2. The van der Waals surface area contributed by atoms with Crippen LogP contribution in [0.2, 0.25) is 0 Å². The molecule has 1 unspecified atom stereocenters. The summed E-state index contributed by atoms with van der Waals surface area (Å²) >= 11 is 0. The normalized spacial score (nSPS) is 15.9. The van der Waals surface area contributed by atoms with Crippen LogP contribution in [0.1, 0.15) is 44.1 Å². The van der Waals surface area contributed by atoms with Crippen LogP contribution in [0.5, 0.6) is 0 Å². The molecule has 5 nitrogen and oxygen atoms in total. The van der Waals surface area contributed by atoms with E-state index in [-0.39, 0.29) is 23.5 Å². The van der Waals surface area contributed by atoms with Gasteiger partial charge in [0.2, 0.25) is 11.8 Å². The number of piperazine rings is 1. The van der Waals surface area contributed by atoms with Crippen molar-refractivity contribution in [3.63, 3.8) is 0 Å². The highest BCUT2D eigenvalue weighted by atomic mass is 19.1. The molecule has 0 aliphatic carbocycles. The molecule has 2 amide bonds. The Labute approximate surface area is 162 Å². The number of rotatable bonds is 8. The van der Waals surface area contributed by atoms with Crippen molar-refractivity contribution in [3.05, 3.63) is 35.6 Å². The molecule has 0 spiro atoms. The number of halogens is 1. The molecule has 2 rings (SSSR count). The van der Waals surface area contributed by atoms with Gasteiger partial charge in [-0.15, -0.1) is 0 Å². The Bertz CT molecular complexity index is 610. The van der Waals surface area contributed by atoms with Gasteiger partial charge in [0.25, 0.3) is 0 Å². The van der Waals surface area contributed by atoms with E-state index in [1.54, 1.807) is 12.1 Å². The molecule has 1 aliphatic heterocycles. The molecule has 0 bridgehead atoms. The third-order valence-electron chi connectivity index (χ3n) is 5.16. The number of amides is 2. The van der Waals surface area contributed by atoms with Crippen molar-refractivity contribution in [2.75, 3.05) is 46.8 Å². The van der Waals surface area contributed by atoms with Crippen molar-refractivity contribution >= 4 is 11.8 Å². The average molecular weight is 378 g/mol. The fraction of sp³-hybridized carbons (Fsp3) is 0.619. The Hall–Kier alpha value is -1.95. The van der Waals surface area contributed by atoms with E-state index < -0.39 is 0 Å². The van der Waals surface area contributed by atoms with Crippen LogP contribution in [-0.4, -0.2) is 73.3 Å². The van der Waals surface area contributed by atoms with Crippen molar-refractivity contribution in [3.8, 4) is 0 Å². The van der Waals surface area contributed by atoms with Crippen LogP contribution in [0.25, 0.3) is 0 Å². The second-order valence-corrected chi connectivity index (χ2v) is 7.56. The van der Waals surface area contributed by atoms with Gasteiger partial charge >= 0.3 is 0 Å². The van der Waals surface area contributed by atoms with E-state index in [1.165, 1.54) is 12.1 Å². The van der Waals surface area contributed by atoms with Gasteiger partial charge in [0, 0.05) is 45.6 Å². The lowest BCUT2D eigenvalue weighted by Crippen LogP contribution is -2.51. The summed E-state index contributed by atoms with van der Waals surface area (Å²) in [6.07, 6.45) is 2.84. The van der Waals surface area contributed by atoms with Gasteiger partial charge in [0.1, 0.15) is 5.82 Å². The molecule has 150 valence electrons. The Balaban J connectivity index is 1.86. The van der Waals surface area contributed by atoms with Crippen molar-refractivity contribution < 1.29 is 14.0 Å². The first-order valence-electron chi connectivity index (χ1n) is 9.86. The van der Waals surface area contributed by atoms with Crippen molar-refractivity contribution in [2.45, 2.75) is 38.5 Å². The van der Waals surface area contributed by atoms with Crippen molar-refractivity contribution in [1.82, 2.24) is 14.7 Å². The highest BCUT2D eigenvalue weighted by molar-refractivity contribution is 5.79. The molecule has 27 heavy (non-hydrogen) atoms. The molecular formula is C21H32FN3O2. The van der Waals surface area contributed by atoms with Crippen LogP contribution in [0.15, 0.2) is 24.3 Å². The number of benzene rings is 1. The predicted molar refractivity (Wildman–Crippen MR) is 105 cm³/mol. The molecule has 1 aromatic rings. The number of carbonyl (C=O) groups is 2. The van der Waals surface area contributed by atoms with E-state index in [4.69, 9.17) is 0 Å². The van der Waals surface area contributed by atoms with E-state index in [1.807, 2.05) is 28.8 Å². The Morgan fingerprint density at radius 1 is 1.04 bits per heavy atom. The van der Waals surface area contributed by atoms with Gasteiger partial charge in [-0.1, -0.05) is 25.5 Å². The largest absolute Gasteiger partial charge is 0.339 e. The molecule has 0 N–H and O–H groups in total. The zero-order chi connectivity index (χ0) is 19.8. The predicted octanol–water partition coefficient (Wildman–Crippen LogP) is 2.72. The lowest BCUT2D eigenvalue weighted by molar-refractivity contribution is -0.139. The first-order valence-corrected chi connectivity index (χ1v) is 9.86. The molecular weight excluding hydrogens is 345 g/mol. The van der Waals surface area contributed by atoms with Gasteiger partial charge < -0.3 is 14.7 Å². The van der Waals surface area contributed by atoms with Crippen LogP contribution in [0.4, 0.5) is 4.39 Å². The Morgan fingerprint density at radius 2 is 1.59 bits per heavy atom. The van der Waals surface area contributed by atoms with E-state index >= 15 is 0 Å². The maximum Gasteiger partial charge on any atom is 0.223 e. The summed E-state index contributed by atoms with van der Waals surface area (Å²) in [5.41, 5.74) is 1.02. The molecule has 1 heterocycles. The lowest BCUT2D eigenvalue weighted by atomic mass is 9.91. The lowest BCUT2D eigenvalue weighted by Gasteiger charge is -2.35. The number of nitrogens with zero attached hydrogens (tertiary/aromatic N) is 3. The first-order chi connectivity index (χ1) is 12.9. The average Bonchev–Trinajstić information content (AvgIpc) is 2.66. The molecule has 1 aromatic carbocycles. The van der Waals surface area contributed by atoms with Gasteiger partial charge in [0.05, 0.1) is 0 Å². The fourth-order valence-corrected chi connectivity index (χ4v) is 3.49. The summed E-state index contributed by atoms with van der Waals surface area (Å²) in [5, 5.41) is 0. The molecule has 0 radical (unpaired) electrons.